The molecule has 0 aliphatic carbocycles. The minimum atomic E-state index is -0.258. The molecule has 2 aliphatic heterocycles. The van der Waals surface area contributed by atoms with Gasteiger partial charge in [-0.25, -0.2) is 0 Å². The lowest BCUT2D eigenvalue weighted by Crippen LogP contribution is -2.52. The number of carbonyl (C=O) groups excluding carboxylic acids is 2. The second kappa shape index (κ2) is 10.8. The van der Waals surface area contributed by atoms with Gasteiger partial charge in [0.1, 0.15) is 18.8 Å². The van der Waals surface area contributed by atoms with Crippen LogP contribution >= 0.6 is 23.2 Å². The van der Waals surface area contributed by atoms with Crippen LogP contribution in [-0.4, -0.2) is 68.8 Å². The van der Waals surface area contributed by atoms with E-state index in [1.807, 2.05) is 42.5 Å². The fourth-order valence-electron chi connectivity index (χ4n) is 4.76. The van der Waals surface area contributed by atoms with Crippen molar-refractivity contribution in [2.24, 2.45) is 4.99 Å². The first-order chi connectivity index (χ1) is 18.0. The number of nitrogens with zero attached hydrogens (tertiary/aromatic N) is 4. The van der Waals surface area contributed by atoms with Gasteiger partial charge < -0.3 is 19.4 Å². The Balaban J connectivity index is 1.36. The first-order valence-corrected chi connectivity index (χ1v) is 12.8. The van der Waals surface area contributed by atoms with E-state index < -0.39 is 0 Å². The maximum absolute atomic E-state index is 13.4. The predicted octanol–water partition coefficient (Wildman–Crippen LogP) is 4.53. The Labute approximate surface area is 225 Å². The van der Waals surface area contributed by atoms with Crippen LogP contribution in [0.4, 0.5) is 11.4 Å². The number of para-hydroxylation sites is 2. The molecule has 0 saturated carbocycles. The molecule has 0 aromatic heterocycles. The van der Waals surface area contributed by atoms with Gasteiger partial charge in [-0.1, -0.05) is 53.5 Å². The number of hydrogen-bond donors (Lipinski definition) is 0. The van der Waals surface area contributed by atoms with Crippen LogP contribution in [-0.2, 0) is 9.59 Å². The maximum atomic E-state index is 13.4. The van der Waals surface area contributed by atoms with Crippen LogP contribution in [0.5, 0.6) is 5.75 Å². The second-order valence-electron chi connectivity index (χ2n) is 8.83. The van der Waals surface area contributed by atoms with Crippen LogP contribution in [0.3, 0.4) is 0 Å². The molecule has 2 heterocycles. The summed E-state index contributed by atoms with van der Waals surface area (Å²) in [5, 5.41) is 1.03. The molecule has 0 unspecified atom stereocenters. The van der Waals surface area contributed by atoms with E-state index in [-0.39, 0.29) is 24.9 Å². The Bertz CT molecular complexity index is 1370. The number of fused-ring (bicyclic) bond motifs is 1. The zero-order valence-electron chi connectivity index (χ0n) is 20.4. The maximum Gasteiger partial charge on any atom is 0.249 e. The molecular formula is C28H26Cl2N4O3. The number of carbonyl (C=O) groups is 2. The molecule has 5 rings (SSSR count). The van der Waals surface area contributed by atoms with Crippen molar-refractivity contribution in [1.29, 1.82) is 0 Å². The summed E-state index contributed by atoms with van der Waals surface area (Å²) in [6, 6.07) is 20.5. The highest BCUT2D eigenvalue weighted by atomic mass is 35.5. The molecule has 2 amide bonds. The fourth-order valence-corrected chi connectivity index (χ4v) is 5.16. The molecule has 0 atom stereocenters. The molecule has 0 spiro atoms. The molecule has 3 aromatic rings. The van der Waals surface area contributed by atoms with E-state index in [4.69, 9.17) is 27.9 Å². The van der Waals surface area contributed by atoms with Gasteiger partial charge in [-0.05, 0) is 36.4 Å². The van der Waals surface area contributed by atoms with Gasteiger partial charge in [0.15, 0.2) is 0 Å². The molecule has 0 radical (unpaired) electrons. The molecular weight excluding hydrogens is 511 g/mol. The van der Waals surface area contributed by atoms with Crippen molar-refractivity contribution in [2.45, 2.75) is 0 Å². The standard InChI is InChI=1S/C28H26Cl2N4O3/c1-37-25-9-5-4-8-24(25)32-12-14-33(15-13-32)27(36)18-34-23-11-10-19(29)16-21(23)28(31-17-26(34)35)20-6-2-3-7-22(20)30/h2-11,16H,12-15,17-18H2,1H3. The zero-order valence-corrected chi connectivity index (χ0v) is 21.9. The molecule has 7 nitrogen and oxygen atoms in total. The van der Waals surface area contributed by atoms with Crippen molar-refractivity contribution in [3.63, 3.8) is 0 Å². The summed E-state index contributed by atoms with van der Waals surface area (Å²) >= 11 is 12.8. The third-order valence-corrected chi connectivity index (χ3v) is 7.22. The number of piperazine rings is 1. The molecule has 1 saturated heterocycles. The van der Waals surface area contributed by atoms with Crippen molar-refractivity contribution in [2.75, 3.05) is 56.2 Å². The van der Waals surface area contributed by atoms with E-state index in [2.05, 4.69) is 9.89 Å². The number of benzene rings is 3. The minimum absolute atomic E-state index is 0.0759. The largest absolute Gasteiger partial charge is 0.495 e. The number of anilines is 2. The van der Waals surface area contributed by atoms with Crippen LogP contribution in [0, 0.1) is 0 Å². The first-order valence-electron chi connectivity index (χ1n) is 12.0. The Morgan fingerprint density at radius 1 is 0.919 bits per heavy atom. The van der Waals surface area contributed by atoms with Crippen LogP contribution in [0.15, 0.2) is 71.7 Å². The average Bonchev–Trinajstić information content (AvgIpc) is 3.05. The van der Waals surface area contributed by atoms with Crippen LogP contribution < -0.4 is 14.5 Å². The van der Waals surface area contributed by atoms with Gasteiger partial charge in [-0.2, -0.15) is 0 Å². The highest BCUT2D eigenvalue weighted by Crippen LogP contribution is 2.32. The zero-order chi connectivity index (χ0) is 25.9. The number of benzodiazepines with no additional fused rings is 1. The summed E-state index contributed by atoms with van der Waals surface area (Å²) in [6.45, 7) is 2.27. The third-order valence-electron chi connectivity index (χ3n) is 6.66. The number of amides is 2. The molecule has 0 N–H and O–H groups in total. The van der Waals surface area contributed by atoms with Gasteiger partial charge in [0.2, 0.25) is 11.8 Å². The number of hydrogen-bond acceptors (Lipinski definition) is 5. The summed E-state index contributed by atoms with van der Waals surface area (Å²) in [6.07, 6.45) is 0. The lowest BCUT2D eigenvalue weighted by atomic mass is 10.00. The lowest BCUT2D eigenvalue weighted by Gasteiger charge is -2.37. The summed E-state index contributed by atoms with van der Waals surface area (Å²) in [4.78, 5) is 36.7. The molecule has 1 fully saturated rings. The summed E-state index contributed by atoms with van der Waals surface area (Å²) in [5.74, 6) is 0.434. The number of rotatable bonds is 5. The minimum Gasteiger partial charge on any atom is -0.495 e. The van der Waals surface area contributed by atoms with Crippen LogP contribution in [0.1, 0.15) is 11.1 Å². The topological polar surface area (TPSA) is 65.5 Å². The Kier molecular flexibility index (Phi) is 7.35. The Hall–Kier alpha value is -3.55. The number of methoxy groups -OCH3 is 1. The van der Waals surface area contributed by atoms with Gasteiger partial charge in [-0.15, -0.1) is 0 Å². The van der Waals surface area contributed by atoms with E-state index >= 15 is 0 Å². The molecule has 190 valence electrons. The van der Waals surface area contributed by atoms with Gasteiger partial charge in [-0.3, -0.25) is 14.6 Å². The third kappa shape index (κ3) is 5.15. The smallest absolute Gasteiger partial charge is 0.249 e. The average molecular weight is 537 g/mol. The highest BCUT2D eigenvalue weighted by molar-refractivity contribution is 6.37. The second-order valence-corrected chi connectivity index (χ2v) is 9.67. The van der Waals surface area contributed by atoms with Gasteiger partial charge >= 0.3 is 0 Å². The molecule has 0 bridgehead atoms. The summed E-state index contributed by atoms with van der Waals surface area (Å²) < 4.78 is 5.49. The number of halogens is 2. The summed E-state index contributed by atoms with van der Waals surface area (Å²) in [7, 11) is 1.66. The monoisotopic (exact) mass is 536 g/mol. The molecule has 2 aliphatic rings. The number of aliphatic imine (C=N–C) groups is 1. The van der Waals surface area contributed by atoms with E-state index in [1.54, 1.807) is 36.3 Å². The molecule has 3 aromatic carbocycles. The van der Waals surface area contributed by atoms with E-state index in [0.717, 1.165) is 11.4 Å². The lowest BCUT2D eigenvalue weighted by molar-refractivity contribution is -0.131. The van der Waals surface area contributed by atoms with E-state index in [1.165, 1.54) is 4.90 Å². The van der Waals surface area contributed by atoms with E-state index in [9.17, 15) is 9.59 Å². The quantitative estimate of drug-likeness (QED) is 0.480. The SMILES string of the molecule is COc1ccccc1N1CCN(C(=O)CN2C(=O)CN=C(c3ccccc3Cl)c3cc(Cl)ccc32)CC1. The molecule has 37 heavy (non-hydrogen) atoms. The normalized spacial score (nSPS) is 15.7. The van der Waals surface area contributed by atoms with Crippen LogP contribution in [0.25, 0.3) is 0 Å². The van der Waals surface area contributed by atoms with Crippen molar-refractivity contribution in [3.8, 4) is 5.75 Å². The fraction of sp³-hybridized carbons (Fsp3) is 0.250. The summed E-state index contributed by atoms with van der Waals surface area (Å²) in [5.41, 5.74) is 3.56. The Morgan fingerprint density at radius 2 is 1.65 bits per heavy atom. The van der Waals surface area contributed by atoms with Gasteiger partial charge in [0.25, 0.3) is 0 Å². The van der Waals surface area contributed by atoms with Gasteiger partial charge in [0, 0.05) is 47.4 Å². The Morgan fingerprint density at radius 3 is 2.41 bits per heavy atom. The van der Waals surface area contributed by atoms with Crippen molar-refractivity contribution in [3.05, 3.63) is 87.9 Å². The van der Waals surface area contributed by atoms with Crippen molar-refractivity contribution >= 4 is 52.1 Å². The number of ether oxygens (including phenoxy) is 1. The van der Waals surface area contributed by atoms with Crippen molar-refractivity contribution in [1.82, 2.24) is 4.90 Å². The van der Waals surface area contributed by atoms with Crippen molar-refractivity contribution < 1.29 is 14.3 Å². The highest BCUT2D eigenvalue weighted by Gasteiger charge is 2.30. The predicted molar refractivity (Wildman–Crippen MR) is 148 cm³/mol. The first kappa shape index (κ1) is 25.1. The van der Waals surface area contributed by atoms with Gasteiger partial charge in [0.05, 0.1) is 24.2 Å². The van der Waals surface area contributed by atoms with Crippen LogP contribution in [0.2, 0.25) is 10.0 Å². The molecule has 9 heteroatoms. The van der Waals surface area contributed by atoms with E-state index in [0.29, 0.717) is 58.8 Å².